The van der Waals surface area contributed by atoms with E-state index >= 15 is 0 Å². The summed E-state index contributed by atoms with van der Waals surface area (Å²) >= 11 is 5.92. The van der Waals surface area contributed by atoms with Gasteiger partial charge in [-0.3, -0.25) is 0 Å². The average Bonchev–Trinajstić information content (AvgIpc) is 2.29. The van der Waals surface area contributed by atoms with Crippen LogP contribution in [0.1, 0.15) is 5.56 Å². The first-order chi connectivity index (χ1) is 7.69. The Morgan fingerprint density at radius 3 is 2.44 bits per heavy atom. The summed E-state index contributed by atoms with van der Waals surface area (Å²) in [5, 5.41) is 3.32. The van der Waals surface area contributed by atoms with Gasteiger partial charge in [-0.15, -0.1) is 0 Å². The van der Waals surface area contributed by atoms with Crippen LogP contribution in [0.3, 0.4) is 0 Å². The van der Waals surface area contributed by atoms with Crippen LogP contribution in [0, 0.1) is 6.92 Å². The van der Waals surface area contributed by atoms with Gasteiger partial charge in [-0.2, -0.15) is 0 Å². The third-order valence-electron chi connectivity index (χ3n) is 2.27. The van der Waals surface area contributed by atoms with Crippen molar-refractivity contribution in [2.45, 2.75) is 6.92 Å². The van der Waals surface area contributed by atoms with E-state index < -0.39 is 0 Å². The highest BCUT2D eigenvalue weighted by atomic mass is 35.5. The number of aromatic nitrogens is 2. The molecule has 16 heavy (non-hydrogen) atoms. The molecule has 0 amide bonds. The molecule has 0 saturated carbocycles. The molecule has 0 radical (unpaired) electrons. The first kappa shape index (κ1) is 10.9. The summed E-state index contributed by atoms with van der Waals surface area (Å²) in [7, 11) is 1.77. The number of nitrogens with zero attached hydrogens (tertiary/aromatic N) is 2. The number of halogens is 1. The fourth-order valence-corrected chi connectivity index (χ4v) is 1.59. The molecule has 0 saturated heterocycles. The smallest absolute Gasteiger partial charge is 0.224 e. The maximum Gasteiger partial charge on any atom is 0.224 e. The van der Waals surface area contributed by atoms with E-state index in [0.717, 1.165) is 11.3 Å². The lowest BCUT2D eigenvalue weighted by molar-refractivity contribution is 1.15. The van der Waals surface area contributed by atoms with Crippen LogP contribution in [0.15, 0.2) is 30.3 Å². The van der Waals surface area contributed by atoms with Gasteiger partial charge < -0.3 is 5.32 Å². The number of hydrogen-bond acceptors (Lipinski definition) is 3. The highest BCUT2D eigenvalue weighted by molar-refractivity contribution is 6.29. The van der Waals surface area contributed by atoms with E-state index in [-0.39, 0.29) is 0 Å². The van der Waals surface area contributed by atoms with Crippen LogP contribution in [0.25, 0.3) is 11.3 Å². The van der Waals surface area contributed by atoms with Crippen molar-refractivity contribution in [3.05, 3.63) is 41.0 Å². The zero-order chi connectivity index (χ0) is 11.5. The van der Waals surface area contributed by atoms with E-state index in [4.69, 9.17) is 11.6 Å². The molecule has 0 spiro atoms. The molecule has 0 unspecified atom stereocenters. The third kappa shape index (κ3) is 2.31. The Balaban J connectivity index is 2.47. The lowest BCUT2D eigenvalue weighted by atomic mass is 10.1. The van der Waals surface area contributed by atoms with Gasteiger partial charge in [0.15, 0.2) is 0 Å². The Hall–Kier alpha value is -1.61. The second-order valence-electron chi connectivity index (χ2n) is 3.52. The van der Waals surface area contributed by atoms with Crippen LogP contribution in [-0.4, -0.2) is 17.0 Å². The van der Waals surface area contributed by atoms with Gasteiger partial charge in [-0.05, 0) is 6.92 Å². The number of hydrogen-bond donors (Lipinski definition) is 1. The number of benzene rings is 1. The van der Waals surface area contributed by atoms with Gasteiger partial charge in [0.25, 0.3) is 0 Å². The number of nitrogens with one attached hydrogen (secondary N) is 1. The molecule has 1 aromatic carbocycles. The molecule has 1 N–H and O–H groups in total. The number of anilines is 1. The maximum absolute atomic E-state index is 5.92. The summed E-state index contributed by atoms with van der Waals surface area (Å²) in [6.45, 7) is 2.05. The van der Waals surface area contributed by atoms with Crippen molar-refractivity contribution in [1.29, 1.82) is 0 Å². The van der Waals surface area contributed by atoms with E-state index in [1.807, 2.05) is 24.3 Å². The Morgan fingerprint density at radius 1 is 1.12 bits per heavy atom. The summed E-state index contributed by atoms with van der Waals surface area (Å²) in [4.78, 5) is 8.38. The van der Waals surface area contributed by atoms with Crippen molar-refractivity contribution in [1.82, 2.24) is 9.97 Å². The number of rotatable bonds is 2. The zero-order valence-corrected chi connectivity index (χ0v) is 9.92. The van der Waals surface area contributed by atoms with Crippen molar-refractivity contribution in [3.63, 3.8) is 0 Å². The summed E-state index contributed by atoms with van der Waals surface area (Å²) < 4.78 is 0. The maximum atomic E-state index is 5.92. The minimum absolute atomic E-state index is 0.440. The average molecular weight is 234 g/mol. The Kier molecular flexibility index (Phi) is 3.06. The number of aryl methyl sites for hydroxylation is 1. The van der Waals surface area contributed by atoms with Gasteiger partial charge in [-0.25, -0.2) is 9.97 Å². The molecule has 2 aromatic rings. The van der Waals surface area contributed by atoms with Gasteiger partial charge in [0, 0.05) is 18.7 Å². The van der Waals surface area contributed by atoms with E-state index in [1.165, 1.54) is 5.56 Å². The van der Waals surface area contributed by atoms with Crippen molar-refractivity contribution in [3.8, 4) is 11.3 Å². The van der Waals surface area contributed by atoms with Gasteiger partial charge >= 0.3 is 0 Å². The van der Waals surface area contributed by atoms with Crippen molar-refractivity contribution < 1.29 is 0 Å². The molecule has 1 aromatic heterocycles. The van der Waals surface area contributed by atoms with Crippen LogP contribution in [0.4, 0.5) is 5.95 Å². The molecular weight excluding hydrogens is 222 g/mol. The second kappa shape index (κ2) is 4.49. The molecule has 0 bridgehead atoms. The Bertz CT molecular complexity index is 494. The molecule has 0 aliphatic heterocycles. The Labute approximate surface area is 99.5 Å². The van der Waals surface area contributed by atoms with Crippen LogP contribution >= 0.6 is 11.6 Å². The van der Waals surface area contributed by atoms with E-state index in [9.17, 15) is 0 Å². The largest absolute Gasteiger partial charge is 0.357 e. The summed E-state index contributed by atoms with van der Waals surface area (Å²) in [5.41, 5.74) is 3.08. The highest BCUT2D eigenvalue weighted by Crippen LogP contribution is 2.21. The molecule has 0 fully saturated rings. The Morgan fingerprint density at radius 2 is 1.81 bits per heavy atom. The topological polar surface area (TPSA) is 37.8 Å². The fraction of sp³-hybridized carbons (Fsp3) is 0.167. The zero-order valence-electron chi connectivity index (χ0n) is 9.16. The van der Waals surface area contributed by atoms with Crippen LogP contribution in [0.5, 0.6) is 0 Å². The molecule has 82 valence electrons. The molecule has 0 aliphatic rings. The van der Waals surface area contributed by atoms with Gasteiger partial charge in [-0.1, -0.05) is 41.4 Å². The lowest BCUT2D eigenvalue weighted by Gasteiger charge is -2.04. The fourth-order valence-electron chi connectivity index (χ4n) is 1.40. The molecule has 3 nitrogen and oxygen atoms in total. The minimum atomic E-state index is 0.440. The predicted octanol–water partition coefficient (Wildman–Crippen LogP) is 3.15. The predicted molar refractivity (Wildman–Crippen MR) is 66.8 cm³/mol. The summed E-state index contributed by atoms with van der Waals surface area (Å²) in [6.07, 6.45) is 0. The van der Waals surface area contributed by atoms with Crippen molar-refractivity contribution in [2.24, 2.45) is 0 Å². The minimum Gasteiger partial charge on any atom is -0.357 e. The van der Waals surface area contributed by atoms with Crippen molar-refractivity contribution in [2.75, 3.05) is 12.4 Å². The van der Waals surface area contributed by atoms with Crippen LogP contribution < -0.4 is 5.32 Å². The normalized spacial score (nSPS) is 10.2. The van der Waals surface area contributed by atoms with Crippen LogP contribution in [-0.2, 0) is 0 Å². The first-order valence-electron chi connectivity index (χ1n) is 4.98. The summed E-state index contributed by atoms with van der Waals surface area (Å²) in [6, 6.07) is 9.89. The van der Waals surface area contributed by atoms with Crippen LogP contribution in [0.2, 0.25) is 5.15 Å². The second-order valence-corrected chi connectivity index (χ2v) is 3.90. The summed E-state index contributed by atoms with van der Waals surface area (Å²) in [5.74, 6) is 0.531. The van der Waals surface area contributed by atoms with Gasteiger partial charge in [0.2, 0.25) is 5.95 Å². The molecule has 0 aliphatic carbocycles. The standard InChI is InChI=1S/C12H12ClN3/c1-8-3-5-9(6-4-8)10-7-11(13)16-12(14-2)15-10/h3-7H,1-2H3,(H,14,15,16). The molecule has 0 atom stereocenters. The monoisotopic (exact) mass is 233 g/mol. The SMILES string of the molecule is CNc1nc(Cl)cc(-c2ccc(C)cc2)n1. The third-order valence-corrected chi connectivity index (χ3v) is 2.46. The van der Waals surface area contributed by atoms with Gasteiger partial charge in [0.1, 0.15) is 5.15 Å². The quantitative estimate of drug-likeness (QED) is 0.810. The van der Waals surface area contributed by atoms with E-state index in [0.29, 0.717) is 11.1 Å². The van der Waals surface area contributed by atoms with Crippen molar-refractivity contribution >= 4 is 17.5 Å². The highest BCUT2D eigenvalue weighted by Gasteiger charge is 2.04. The van der Waals surface area contributed by atoms with E-state index in [1.54, 1.807) is 13.1 Å². The first-order valence-corrected chi connectivity index (χ1v) is 5.36. The molecule has 2 rings (SSSR count). The van der Waals surface area contributed by atoms with E-state index in [2.05, 4.69) is 22.2 Å². The lowest BCUT2D eigenvalue weighted by Crippen LogP contribution is -1.97. The molecular formula is C12H12ClN3. The van der Waals surface area contributed by atoms with Gasteiger partial charge in [0.05, 0.1) is 5.69 Å². The molecule has 1 heterocycles. The molecule has 4 heteroatoms.